The Balaban J connectivity index is 1.26. The first-order valence-electron chi connectivity index (χ1n) is 15.0. The molecule has 0 bridgehead atoms. The second kappa shape index (κ2) is 14.5. The third-order valence-corrected chi connectivity index (χ3v) is 13.9. The zero-order valence-corrected chi connectivity index (χ0v) is 24.9. The predicted octanol–water partition coefficient (Wildman–Crippen LogP) is 8.91. The van der Waals surface area contributed by atoms with Crippen molar-refractivity contribution in [3.63, 3.8) is 0 Å². The zero-order valence-electron chi connectivity index (χ0n) is 23.9. The summed E-state index contributed by atoms with van der Waals surface area (Å²) >= 11 is 0. The molecule has 1 aliphatic carbocycles. The summed E-state index contributed by atoms with van der Waals surface area (Å²) in [4.78, 5) is 0. The fourth-order valence-electron chi connectivity index (χ4n) is 6.38. The predicted molar refractivity (Wildman–Crippen MR) is 172 cm³/mol. The molecule has 2 nitrogen and oxygen atoms in total. The van der Waals surface area contributed by atoms with E-state index >= 15 is 0 Å². The standard InChI is InChI=1S/C36H47O2P/c1-29-30(2)36(38)31(28-35(29)37)20-12-7-5-3-4-6-8-19-27-39(32-21-13-9-14-22-32,33-23-15-10-16-24-33)34-25-17-11-18-26-34/h9-11,13-18,21-26,31,37-39H,3-8,12,19-20,27-28H2,1-2H3. The molecule has 208 valence electrons. The molecule has 0 spiro atoms. The maximum absolute atomic E-state index is 10.5. The topological polar surface area (TPSA) is 40.5 Å². The van der Waals surface area contributed by atoms with Gasteiger partial charge < -0.3 is 10.2 Å². The molecule has 1 aliphatic rings. The zero-order chi connectivity index (χ0) is 27.5. The molecule has 3 aromatic carbocycles. The number of hydrogen-bond donors (Lipinski definition) is 2. The van der Waals surface area contributed by atoms with Gasteiger partial charge in [0.25, 0.3) is 0 Å². The van der Waals surface area contributed by atoms with Crippen molar-refractivity contribution in [3.05, 3.63) is 114 Å². The van der Waals surface area contributed by atoms with Crippen LogP contribution in [0.2, 0.25) is 0 Å². The van der Waals surface area contributed by atoms with Crippen molar-refractivity contribution in [1.29, 1.82) is 0 Å². The fraction of sp³-hybridized carbons (Fsp3) is 0.389. The van der Waals surface area contributed by atoms with Crippen LogP contribution in [-0.2, 0) is 0 Å². The van der Waals surface area contributed by atoms with Crippen LogP contribution < -0.4 is 15.9 Å². The van der Waals surface area contributed by atoms with Crippen molar-refractivity contribution in [1.82, 2.24) is 0 Å². The van der Waals surface area contributed by atoms with Gasteiger partial charge in [0.2, 0.25) is 0 Å². The summed E-state index contributed by atoms with van der Waals surface area (Å²) in [5.41, 5.74) is 1.71. The number of allylic oxidation sites excluding steroid dienone is 4. The molecule has 1 atom stereocenters. The van der Waals surface area contributed by atoms with Crippen LogP contribution in [0.5, 0.6) is 0 Å². The summed E-state index contributed by atoms with van der Waals surface area (Å²) in [5, 5.41) is 25.2. The Morgan fingerprint density at radius 2 is 0.974 bits per heavy atom. The molecule has 2 N–H and O–H groups in total. The van der Waals surface area contributed by atoms with Gasteiger partial charge in [-0.05, 0) is 25.0 Å². The van der Waals surface area contributed by atoms with Crippen LogP contribution in [0.3, 0.4) is 0 Å². The molecule has 0 fully saturated rings. The number of rotatable bonds is 14. The molecule has 3 aromatic rings. The van der Waals surface area contributed by atoms with Crippen LogP contribution >= 0.6 is 7.26 Å². The van der Waals surface area contributed by atoms with E-state index in [1.807, 2.05) is 13.8 Å². The second-order valence-corrected chi connectivity index (χ2v) is 15.4. The molecule has 0 saturated heterocycles. The van der Waals surface area contributed by atoms with Crippen LogP contribution in [0.1, 0.15) is 78.1 Å². The van der Waals surface area contributed by atoms with Crippen molar-refractivity contribution in [2.75, 3.05) is 6.16 Å². The first kappa shape index (κ1) is 29.2. The molecule has 0 aromatic heterocycles. The van der Waals surface area contributed by atoms with Crippen LogP contribution in [0.25, 0.3) is 0 Å². The Bertz CT molecular complexity index is 1120. The van der Waals surface area contributed by atoms with E-state index in [0.717, 1.165) is 24.0 Å². The average molecular weight is 543 g/mol. The van der Waals surface area contributed by atoms with Gasteiger partial charge in [-0.2, -0.15) is 0 Å². The summed E-state index contributed by atoms with van der Waals surface area (Å²) < 4.78 is 0. The van der Waals surface area contributed by atoms with Gasteiger partial charge in [-0.1, -0.05) is 0 Å². The Kier molecular flexibility index (Phi) is 10.9. The van der Waals surface area contributed by atoms with Crippen molar-refractivity contribution in [3.8, 4) is 0 Å². The van der Waals surface area contributed by atoms with E-state index in [0.29, 0.717) is 17.9 Å². The van der Waals surface area contributed by atoms with Gasteiger partial charge in [-0.3, -0.25) is 0 Å². The summed E-state index contributed by atoms with van der Waals surface area (Å²) in [5.74, 6) is 1.04. The molecule has 0 aliphatic heterocycles. The summed E-state index contributed by atoms with van der Waals surface area (Å²) in [7, 11) is -2.09. The van der Waals surface area contributed by atoms with E-state index in [1.54, 1.807) is 0 Å². The number of aliphatic hydroxyl groups excluding tert-OH is 2. The molecular formula is C36H47O2P. The average Bonchev–Trinajstić information content (AvgIpc) is 2.99. The Morgan fingerprint density at radius 3 is 1.44 bits per heavy atom. The fourth-order valence-corrected chi connectivity index (χ4v) is 11.3. The molecular weight excluding hydrogens is 495 g/mol. The van der Waals surface area contributed by atoms with Gasteiger partial charge in [-0.15, -0.1) is 0 Å². The van der Waals surface area contributed by atoms with Gasteiger partial charge in [0.15, 0.2) is 0 Å². The molecule has 4 rings (SSSR count). The van der Waals surface area contributed by atoms with Crippen molar-refractivity contribution in [2.24, 2.45) is 5.92 Å². The normalized spacial score (nSPS) is 16.5. The molecule has 0 saturated carbocycles. The Labute approximate surface area is 236 Å². The Morgan fingerprint density at radius 1 is 0.564 bits per heavy atom. The SMILES string of the molecule is CC1=C(O)CC(CCCCCCCCCC[PH](c2ccccc2)(c2ccccc2)c2ccccc2)C(O)=C1C. The number of hydrogen-bond acceptors (Lipinski definition) is 2. The number of aliphatic hydroxyl groups is 2. The first-order chi connectivity index (χ1) is 19.0. The van der Waals surface area contributed by atoms with Gasteiger partial charge in [0.1, 0.15) is 0 Å². The van der Waals surface area contributed by atoms with Crippen LogP contribution in [-0.4, -0.2) is 16.4 Å². The van der Waals surface area contributed by atoms with Crippen LogP contribution in [0.15, 0.2) is 114 Å². The maximum atomic E-state index is 10.5. The van der Waals surface area contributed by atoms with Crippen molar-refractivity contribution >= 4 is 23.2 Å². The molecule has 0 radical (unpaired) electrons. The molecule has 0 amide bonds. The smallest absolute Gasteiger partial charge is 0.512 e. The number of unbranched alkanes of at least 4 members (excludes halogenated alkanes) is 7. The minimum absolute atomic E-state index is 0.0944. The van der Waals surface area contributed by atoms with Crippen molar-refractivity contribution in [2.45, 2.75) is 78.1 Å². The van der Waals surface area contributed by atoms with E-state index in [1.165, 1.54) is 67.0 Å². The molecule has 39 heavy (non-hydrogen) atoms. The van der Waals surface area contributed by atoms with E-state index in [-0.39, 0.29) is 5.92 Å². The van der Waals surface area contributed by atoms with Crippen LogP contribution in [0.4, 0.5) is 0 Å². The van der Waals surface area contributed by atoms with E-state index < -0.39 is 7.26 Å². The first-order valence-corrected chi connectivity index (χ1v) is 17.2. The summed E-state index contributed by atoms with van der Waals surface area (Å²) in [6, 6.07) is 33.8. The van der Waals surface area contributed by atoms with Crippen molar-refractivity contribution < 1.29 is 10.2 Å². The molecule has 0 heterocycles. The molecule has 1 unspecified atom stereocenters. The Hall–Kier alpha value is -2.83. The van der Waals surface area contributed by atoms with Gasteiger partial charge in [0, 0.05) is 0 Å². The minimum Gasteiger partial charge on any atom is -0.512 e. The van der Waals surface area contributed by atoms with Gasteiger partial charge in [-0.25, -0.2) is 0 Å². The summed E-state index contributed by atoms with van der Waals surface area (Å²) in [6.07, 6.45) is 12.8. The second-order valence-electron chi connectivity index (χ2n) is 11.4. The quantitative estimate of drug-likeness (QED) is 0.158. The molecule has 3 heteroatoms. The third-order valence-electron chi connectivity index (χ3n) is 8.86. The van der Waals surface area contributed by atoms with E-state index in [4.69, 9.17) is 0 Å². The summed E-state index contributed by atoms with van der Waals surface area (Å²) in [6.45, 7) is 3.81. The third kappa shape index (κ3) is 7.23. The minimum atomic E-state index is -2.09. The van der Waals surface area contributed by atoms with Gasteiger partial charge >= 0.3 is 196 Å². The van der Waals surface area contributed by atoms with Crippen LogP contribution in [0, 0.1) is 5.92 Å². The monoisotopic (exact) mass is 542 g/mol. The number of benzene rings is 3. The van der Waals surface area contributed by atoms with E-state index in [9.17, 15) is 10.2 Å². The van der Waals surface area contributed by atoms with E-state index in [2.05, 4.69) is 91.0 Å². The van der Waals surface area contributed by atoms with Gasteiger partial charge in [0.05, 0.1) is 5.76 Å².